The minimum absolute atomic E-state index is 0.162. The number of piperidine rings is 1. The minimum Gasteiger partial charge on any atom is -0.333 e. The molecule has 3 aliphatic rings. The molecule has 1 aromatic carbocycles. The van der Waals surface area contributed by atoms with Crippen LogP contribution in [0.25, 0.3) is 0 Å². The van der Waals surface area contributed by atoms with E-state index in [1.54, 1.807) is 6.20 Å². The third-order valence-electron chi connectivity index (χ3n) is 6.07. The van der Waals surface area contributed by atoms with Gasteiger partial charge in [0, 0.05) is 38.4 Å². The van der Waals surface area contributed by atoms with Gasteiger partial charge in [-0.05, 0) is 56.7 Å². The highest BCUT2D eigenvalue weighted by molar-refractivity contribution is 5.92. The van der Waals surface area contributed by atoms with E-state index < -0.39 is 0 Å². The zero-order valence-electron chi connectivity index (χ0n) is 16.3. The number of aromatic nitrogens is 2. The molecule has 5 nitrogen and oxygen atoms in total. The standard InChI is InChI=1S/C22H30N4O/c1-2-26-21(12-13-23-26)22(27)25-16-19-10-11-20(25)17-24(15-19)14-6-9-18-7-4-3-5-8-18/h3-5,7-8,12-13,19-20H,2,6,9-11,14-17H2,1H3. The van der Waals surface area contributed by atoms with E-state index in [2.05, 4.69) is 45.2 Å². The summed E-state index contributed by atoms with van der Waals surface area (Å²) in [6.07, 6.45) is 6.43. The van der Waals surface area contributed by atoms with Crippen molar-refractivity contribution in [1.29, 1.82) is 0 Å². The second kappa shape index (κ2) is 8.26. The fraction of sp³-hybridized carbons (Fsp3) is 0.545. The first-order chi connectivity index (χ1) is 13.2. The smallest absolute Gasteiger partial charge is 0.272 e. The van der Waals surface area contributed by atoms with Crippen molar-refractivity contribution in [2.45, 2.75) is 45.2 Å². The molecule has 3 saturated heterocycles. The highest BCUT2D eigenvalue weighted by Gasteiger charge is 2.37. The van der Waals surface area contributed by atoms with Gasteiger partial charge in [-0.15, -0.1) is 0 Å². The molecule has 4 heterocycles. The van der Waals surface area contributed by atoms with E-state index >= 15 is 0 Å². The number of benzene rings is 1. The van der Waals surface area contributed by atoms with Crippen molar-refractivity contribution in [1.82, 2.24) is 19.6 Å². The van der Waals surface area contributed by atoms with Crippen molar-refractivity contribution in [2.75, 3.05) is 26.2 Å². The van der Waals surface area contributed by atoms with Crippen molar-refractivity contribution >= 4 is 5.91 Å². The predicted molar refractivity (Wildman–Crippen MR) is 107 cm³/mol. The van der Waals surface area contributed by atoms with Gasteiger partial charge in [0.1, 0.15) is 5.69 Å². The van der Waals surface area contributed by atoms with Gasteiger partial charge in [-0.1, -0.05) is 30.3 Å². The van der Waals surface area contributed by atoms with Crippen LogP contribution in [0.5, 0.6) is 0 Å². The van der Waals surface area contributed by atoms with Gasteiger partial charge in [-0.25, -0.2) is 0 Å². The molecule has 2 aromatic rings. The monoisotopic (exact) mass is 366 g/mol. The van der Waals surface area contributed by atoms with Crippen molar-refractivity contribution in [2.24, 2.45) is 5.92 Å². The van der Waals surface area contributed by atoms with Crippen LogP contribution in [-0.4, -0.2) is 57.7 Å². The highest BCUT2D eigenvalue weighted by Crippen LogP contribution is 2.29. The van der Waals surface area contributed by atoms with Crippen LogP contribution < -0.4 is 0 Å². The Hall–Kier alpha value is -2.14. The van der Waals surface area contributed by atoms with Gasteiger partial charge in [0.2, 0.25) is 0 Å². The molecule has 0 N–H and O–H groups in total. The van der Waals surface area contributed by atoms with Gasteiger partial charge in [-0.2, -0.15) is 5.10 Å². The van der Waals surface area contributed by atoms with Crippen LogP contribution in [0.1, 0.15) is 42.2 Å². The number of fused-ring (bicyclic) bond motifs is 4. The van der Waals surface area contributed by atoms with E-state index in [1.807, 2.05) is 17.7 Å². The number of carbonyl (C=O) groups is 1. The van der Waals surface area contributed by atoms with E-state index in [0.29, 0.717) is 12.0 Å². The fourth-order valence-electron chi connectivity index (χ4n) is 4.68. The Morgan fingerprint density at radius 3 is 2.78 bits per heavy atom. The summed E-state index contributed by atoms with van der Waals surface area (Å²) >= 11 is 0. The van der Waals surface area contributed by atoms with Crippen molar-refractivity contribution in [3.63, 3.8) is 0 Å². The number of amides is 1. The number of rotatable bonds is 6. The molecule has 2 atom stereocenters. The molecule has 0 saturated carbocycles. The molecule has 2 bridgehead atoms. The van der Waals surface area contributed by atoms with E-state index in [4.69, 9.17) is 0 Å². The quantitative estimate of drug-likeness (QED) is 0.789. The van der Waals surface area contributed by atoms with Crippen LogP contribution in [-0.2, 0) is 13.0 Å². The third-order valence-corrected chi connectivity index (χ3v) is 6.07. The summed E-state index contributed by atoms with van der Waals surface area (Å²) in [6.45, 7) is 6.93. The zero-order chi connectivity index (χ0) is 18.6. The molecule has 0 aliphatic carbocycles. The molecule has 27 heavy (non-hydrogen) atoms. The lowest BCUT2D eigenvalue weighted by atomic mass is 9.94. The summed E-state index contributed by atoms with van der Waals surface area (Å²) in [5.74, 6) is 0.762. The maximum absolute atomic E-state index is 13.1. The Morgan fingerprint density at radius 2 is 1.96 bits per heavy atom. The first-order valence-corrected chi connectivity index (χ1v) is 10.3. The van der Waals surface area contributed by atoms with Crippen molar-refractivity contribution in [3.8, 4) is 0 Å². The normalized spacial score (nSPS) is 22.8. The van der Waals surface area contributed by atoms with Crippen LogP contribution in [0.2, 0.25) is 0 Å². The Kier molecular flexibility index (Phi) is 5.58. The predicted octanol–water partition coefficient (Wildman–Crippen LogP) is 3.07. The molecule has 144 valence electrons. The summed E-state index contributed by atoms with van der Waals surface area (Å²) in [4.78, 5) is 17.9. The molecule has 1 aromatic heterocycles. The Balaban J connectivity index is 1.38. The van der Waals surface area contributed by atoms with Crippen LogP contribution in [0.15, 0.2) is 42.6 Å². The molecular weight excluding hydrogens is 336 g/mol. The van der Waals surface area contributed by atoms with Gasteiger partial charge >= 0.3 is 0 Å². The summed E-state index contributed by atoms with van der Waals surface area (Å²) in [5.41, 5.74) is 2.15. The maximum Gasteiger partial charge on any atom is 0.272 e. The number of nitrogens with zero attached hydrogens (tertiary/aromatic N) is 4. The van der Waals surface area contributed by atoms with Crippen LogP contribution in [0.3, 0.4) is 0 Å². The molecule has 3 fully saturated rings. The summed E-state index contributed by atoms with van der Waals surface area (Å²) < 4.78 is 1.82. The van der Waals surface area contributed by atoms with E-state index in [-0.39, 0.29) is 5.91 Å². The SMILES string of the molecule is CCn1nccc1C(=O)N1CC2CCC1CN(CCCc1ccccc1)C2. The highest BCUT2D eigenvalue weighted by atomic mass is 16.2. The molecule has 0 spiro atoms. The lowest BCUT2D eigenvalue weighted by Crippen LogP contribution is -2.48. The second-order valence-corrected chi connectivity index (χ2v) is 7.94. The first kappa shape index (κ1) is 18.2. The largest absolute Gasteiger partial charge is 0.333 e. The first-order valence-electron chi connectivity index (χ1n) is 10.3. The summed E-state index contributed by atoms with van der Waals surface area (Å²) in [6, 6.07) is 12.9. The van der Waals surface area contributed by atoms with E-state index in [1.165, 1.54) is 18.4 Å². The second-order valence-electron chi connectivity index (χ2n) is 7.94. The van der Waals surface area contributed by atoms with Crippen LogP contribution in [0, 0.1) is 5.92 Å². The van der Waals surface area contributed by atoms with Crippen LogP contribution >= 0.6 is 0 Å². The molecular formula is C22H30N4O. The average Bonchev–Trinajstić information content (AvgIpc) is 3.01. The molecule has 3 aliphatic heterocycles. The van der Waals surface area contributed by atoms with Gasteiger partial charge in [0.15, 0.2) is 0 Å². The minimum atomic E-state index is 0.162. The van der Waals surface area contributed by atoms with Gasteiger partial charge in [0.05, 0.1) is 0 Å². The van der Waals surface area contributed by atoms with E-state index in [0.717, 1.165) is 51.3 Å². The maximum atomic E-state index is 13.1. The summed E-state index contributed by atoms with van der Waals surface area (Å²) in [7, 11) is 0. The molecule has 1 amide bonds. The van der Waals surface area contributed by atoms with Gasteiger partial charge in [-0.3, -0.25) is 9.48 Å². The zero-order valence-corrected chi connectivity index (χ0v) is 16.3. The van der Waals surface area contributed by atoms with Gasteiger partial charge < -0.3 is 9.80 Å². The van der Waals surface area contributed by atoms with Crippen molar-refractivity contribution in [3.05, 3.63) is 53.9 Å². The molecule has 5 rings (SSSR count). The molecule has 5 heteroatoms. The number of aryl methyl sites for hydroxylation is 2. The Morgan fingerprint density at radius 1 is 1.11 bits per heavy atom. The average molecular weight is 367 g/mol. The number of hydrogen-bond acceptors (Lipinski definition) is 3. The topological polar surface area (TPSA) is 41.4 Å². The third kappa shape index (κ3) is 4.08. The number of carbonyl (C=O) groups excluding carboxylic acids is 1. The fourth-order valence-corrected chi connectivity index (χ4v) is 4.68. The lowest BCUT2D eigenvalue weighted by Gasteiger charge is -2.36. The van der Waals surface area contributed by atoms with Crippen molar-refractivity contribution < 1.29 is 4.79 Å². The van der Waals surface area contributed by atoms with Gasteiger partial charge in [0.25, 0.3) is 5.91 Å². The number of hydrogen-bond donors (Lipinski definition) is 0. The Labute approximate surface area is 162 Å². The molecule has 0 radical (unpaired) electrons. The van der Waals surface area contributed by atoms with E-state index in [9.17, 15) is 4.79 Å². The molecule has 2 unspecified atom stereocenters. The lowest BCUT2D eigenvalue weighted by molar-refractivity contribution is 0.0572. The Bertz CT molecular complexity index is 757. The summed E-state index contributed by atoms with van der Waals surface area (Å²) in [5, 5.41) is 4.28. The van der Waals surface area contributed by atoms with Crippen LogP contribution in [0.4, 0.5) is 0 Å².